The average Bonchev–Trinajstić information content (AvgIpc) is 2.90. The zero-order valence-corrected chi connectivity index (χ0v) is 13.9. The number of nitriles is 1. The van der Waals surface area contributed by atoms with Crippen LogP contribution in [0, 0.1) is 11.3 Å². The van der Waals surface area contributed by atoms with E-state index in [0.717, 1.165) is 0 Å². The largest absolute Gasteiger partial charge is 0.489 e. The number of hydrogen-bond donors (Lipinski definition) is 1. The maximum Gasteiger partial charge on any atom is 0.262 e. The van der Waals surface area contributed by atoms with E-state index in [9.17, 15) is 18.5 Å². The minimum absolute atomic E-state index is 0.0573. The van der Waals surface area contributed by atoms with Crippen LogP contribution >= 0.6 is 0 Å². The lowest BCUT2D eigenvalue weighted by atomic mass is 10.1. The standard InChI is InChI=1S/C17H18N2O4S/c1-2-8-23-16-6-4-3-5-13(16)10-14(11-18)17(20)19-15-7-9-24(21,22)12-15/h2-6,10,15H,1,7-9,12H2,(H,19,20)/b14-10+. The molecule has 1 heterocycles. The van der Waals surface area contributed by atoms with Crippen LogP contribution in [0.1, 0.15) is 12.0 Å². The summed E-state index contributed by atoms with van der Waals surface area (Å²) in [6.45, 7) is 3.88. The maximum atomic E-state index is 12.2. The quantitative estimate of drug-likeness (QED) is 0.478. The number of nitrogens with one attached hydrogen (secondary N) is 1. The minimum Gasteiger partial charge on any atom is -0.489 e. The van der Waals surface area contributed by atoms with Gasteiger partial charge in [-0.05, 0) is 18.6 Å². The van der Waals surface area contributed by atoms with E-state index in [1.807, 2.05) is 6.07 Å². The fourth-order valence-corrected chi connectivity index (χ4v) is 4.03. The van der Waals surface area contributed by atoms with Crippen molar-refractivity contribution in [3.05, 3.63) is 48.1 Å². The topological polar surface area (TPSA) is 96.3 Å². The molecule has 2 rings (SSSR count). The van der Waals surface area contributed by atoms with E-state index in [-0.39, 0.29) is 17.1 Å². The molecule has 126 valence electrons. The summed E-state index contributed by atoms with van der Waals surface area (Å²) in [5.74, 6) is -0.0855. The van der Waals surface area contributed by atoms with Crippen LogP contribution in [0.15, 0.2) is 42.5 Å². The van der Waals surface area contributed by atoms with Crippen molar-refractivity contribution in [1.29, 1.82) is 5.26 Å². The summed E-state index contributed by atoms with van der Waals surface area (Å²) in [4.78, 5) is 12.2. The van der Waals surface area contributed by atoms with Gasteiger partial charge in [-0.15, -0.1) is 0 Å². The predicted octanol–water partition coefficient (Wildman–Crippen LogP) is 1.46. The molecule has 24 heavy (non-hydrogen) atoms. The van der Waals surface area contributed by atoms with Crippen molar-refractivity contribution in [3.8, 4) is 11.8 Å². The second-order valence-electron chi connectivity index (χ2n) is 5.38. The van der Waals surface area contributed by atoms with Gasteiger partial charge in [0, 0.05) is 11.6 Å². The average molecular weight is 346 g/mol. The van der Waals surface area contributed by atoms with E-state index >= 15 is 0 Å². The number of rotatable bonds is 6. The Balaban J connectivity index is 2.16. The normalized spacial score (nSPS) is 19.3. The molecule has 1 amide bonds. The summed E-state index contributed by atoms with van der Waals surface area (Å²) in [7, 11) is -3.10. The monoisotopic (exact) mass is 346 g/mol. The lowest BCUT2D eigenvalue weighted by molar-refractivity contribution is -0.117. The van der Waals surface area contributed by atoms with Crippen molar-refractivity contribution in [2.75, 3.05) is 18.1 Å². The molecular formula is C17H18N2O4S. The molecule has 1 atom stereocenters. The Bertz CT molecular complexity index is 806. The SMILES string of the molecule is C=CCOc1ccccc1/C=C(\C#N)C(=O)NC1CCS(=O)(=O)C1. The molecule has 0 aromatic heterocycles. The minimum atomic E-state index is -3.10. The van der Waals surface area contributed by atoms with Crippen LogP contribution in [-0.4, -0.2) is 38.5 Å². The second kappa shape index (κ2) is 7.79. The van der Waals surface area contributed by atoms with E-state index in [2.05, 4.69) is 11.9 Å². The van der Waals surface area contributed by atoms with Crippen LogP contribution in [0.4, 0.5) is 0 Å². The molecule has 1 aromatic carbocycles. The Labute approximate surface area is 141 Å². The van der Waals surface area contributed by atoms with Crippen LogP contribution in [-0.2, 0) is 14.6 Å². The van der Waals surface area contributed by atoms with Crippen LogP contribution in [0.25, 0.3) is 6.08 Å². The van der Waals surface area contributed by atoms with E-state index in [1.54, 1.807) is 30.3 Å². The van der Waals surface area contributed by atoms with Crippen LogP contribution in [0.2, 0.25) is 0 Å². The first-order valence-corrected chi connectivity index (χ1v) is 9.23. The summed E-state index contributed by atoms with van der Waals surface area (Å²) in [5.41, 5.74) is 0.485. The van der Waals surface area contributed by atoms with Crippen LogP contribution in [0.3, 0.4) is 0 Å². The highest BCUT2D eigenvalue weighted by molar-refractivity contribution is 7.91. The number of benzene rings is 1. The van der Waals surface area contributed by atoms with E-state index in [1.165, 1.54) is 6.08 Å². The van der Waals surface area contributed by atoms with Gasteiger partial charge < -0.3 is 10.1 Å². The van der Waals surface area contributed by atoms with Gasteiger partial charge in [0.25, 0.3) is 5.91 Å². The number of carbonyl (C=O) groups excluding carboxylic acids is 1. The molecule has 1 N–H and O–H groups in total. The van der Waals surface area contributed by atoms with Crippen molar-refractivity contribution < 1.29 is 17.9 Å². The van der Waals surface area contributed by atoms with Gasteiger partial charge >= 0.3 is 0 Å². The van der Waals surface area contributed by atoms with Gasteiger partial charge in [0.05, 0.1) is 11.5 Å². The Morgan fingerprint density at radius 3 is 2.83 bits per heavy atom. The first-order chi connectivity index (χ1) is 11.4. The third kappa shape index (κ3) is 4.70. The molecule has 6 nitrogen and oxygen atoms in total. The fourth-order valence-electron chi connectivity index (χ4n) is 2.36. The number of hydrogen-bond acceptors (Lipinski definition) is 5. The number of nitrogens with zero attached hydrogens (tertiary/aromatic N) is 1. The molecule has 1 unspecified atom stereocenters. The van der Waals surface area contributed by atoms with Crippen molar-refractivity contribution in [1.82, 2.24) is 5.32 Å². The highest BCUT2D eigenvalue weighted by Gasteiger charge is 2.29. The van der Waals surface area contributed by atoms with Gasteiger partial charge in [-0.3, -0.25) is 4.79 Å². The Hall–Kier alpha value is -2.59. The molecule has 1 saturated heterocycles. The Morgan fingerprint density at radius 2 is 2.21 bits per heavy atom. The summed E-state index contributed by atoms with van der Waals surface area (Å²) >= 11 is 0. The highest BCUT2D eigenvalue weighted by Crippen LogP contribution is 2.21. The van der Waals surface area contributed by atoms with E-state index in [0.29, 0.717) is 24.3 Å². The molecule has 1 aromatic rings. The number of amides is 1. The summed E-state index contributed by atoms with van der Waals surface area (Å²) in [5, 5.41) is 11.8. The number of ether oxygens (including phenoxy) is 1. The molecule has 0 aliphatic carbocycles. The molecule has 7 heteroatoms. The number of sulfone groups is 1. The Morgan fingerprint density at radius 1 is 1.46 bits per heavy atom. The number of para-hydroxylation sites is 1. The zero-order chi connectivity index (χ0) is 17.6. The van der Waals surface area contributed by atoms with Gasteiger partial charge in [0.2, 0.25) is 0 Å². The smallest absolute Gasteiger partial charge is 0.262 e. The van der Waals surface area contributed by atoms with Gasteiger partial charge in [-0.25, -0.2) is 8.42 Å². The zero-order valence-electron chi connectivity index (χ0n) is 13.1. The van der Waals surface area contributed by atoms with Crippen LogP contribution < -0.4 is 10.1 Å². The van der Waals surface area contributed by atoms with Crippen molar-refractivity contribution in [2.45, 2.75) is 12.5 Å². The van der Waals surface area contributed by atoms with Gasteiger partial charge in [-0.2, -0.15) is 5.26 Å². The first-order valence-electron chi connectivity index (χ1n) is 7.41. The predicted molar refractivity (Wildman–Crippen MR) is 90.9 cm³/mol. The molecule has 1 aliphatic heterocycles. The third-order valence-corrected chi connectivity index (χ3v) is 5.28. The molecule has 0 bridgehead atoms. The van der Waals surface area contributed by atoms with E-state index in [4.69, 9.17) is 4.74 Å². The first kappa shape index (κ1) is 17.8. The molecule has 0 saturated carbocycles. The molecular weight excluding hydrogens is 328 g/mol. The lowest BCUT2D eigenvalue weighted by Crippen LogP contribution is -2.36. The highest BCUT2D eigenvalue weighted by atomic mass is 32.2. The summed E-state index contributed by atoms with van der Waals surface area (Å²) in [6.07, 6.45) is 3.39. The van der Waals surface area contributed by atoms with Gasteiger partial charge in [0.15, 0.2) is 9.84 Å². The lowest BCUT2D eigenvalue weighted by Gasteiger charge is -2.11. The molecule has 0 spiro atoms. The maximum absolute atomic E-state index is 12.2. The van der Waals surface area contributed by atoms with Gasteiger partial charge in [-0.1, -0.05) is 30.9 Å². The van der Waals surface area contributed by atoms with Gasteiger partial charge in [0.1, 0.15) is 24.0 Å². The fraction of sp³-hybridized carbons (Fsp3) is 0.294. The molecule has 1 fully saturated rings. The molecule has 1 aliphatic rings. The van der Waals surface area contributed by atoms with Crippen molar-refractivity contribution in [2.24, 2.45) is 0 Å². The Kier molecular flexibility index (Phi) is 5.77. The van der Waals surface area contributed by atoms with E-state index < -0.39 is 21.8 Å². The van der Waals surface area contributed by atoms with Crippen molar-refractivity contribution >= 4 is 21.8 Å². The number of carbonyl (C=O) groups is 1. The summed E-state index contributed by atoms with van der Waals surface area (Å²) in [6, 6.07) is 8.40. The third-order valence-electron chi connectivity index (χ3n) is 3.51. The summed E-state index contributed by atoms with van der Waals surface area (Å²) < 4.78 is 28.4. The second-order valence-corrected chi connectivity index (χ2v) is 7.61. The van der Waals surface area contributed by atoms with Crippen LogP contribution in [0.5, 0.6) is 5.75 Å². The van der Waals surface area contributed by atoms with Crippen molar-refractivity contribution in [3.63, 3.8) is 0 Å². The molecule has 0 radical (unpaired) electrons.